The fourth-order valence-electron chi connectivity index (χ4n) is 3.13. The molecule has 2 rings (SSSR count). The number of halogens is 1. The van der Waals surface area contributed by atoms with Crippen LogP contribution in [-0.2, 0) is 6.42 Å². The van der Waals surface area contributed by atoms with Crippen LogP contribution in [0.15, 0.2) is 30.3 Å². The second-order valence-electron chi connectivity index (χ2n) is 5.95. The van der Waals surface area contributed by atoms with E-state index in [1.54, 1.807) is 0 Å². The third kappa shape index (κ3) is 3.66. The maximum absolute atomic E-state index is 6.40. The predicted octanol–water partition coefficient (Wildman–Crippen LogP) is 5.08. The second kappa shape index (κ2) is 6.64. The zero-order valence-electron chi connectivity index (χ0n) is 13.5. The summed E-state index contributed by atoms with van der Waals surface area (Å²) in [4.78, 5) is 0. The molecule has 0 radical (unpaired) electrons. The molecule has 1 atom stereocenters. The molecule has 112 valence electrons. The number of benzene rings is 2. The van der Waals surface area contributed by atoms with E-state index < -0.39 is 0 Å². The summed E-state index contributed by atoms with van der Waals surface area (Å²) in [6.45, 7) is 8.60. The molecule has 1 N–H and O–H groups in total. The van der Waals surface area contributed by atoms with Crippen molar-refractivity contribution in [3.05, 3.63) is 68.7 Å². The van der Waals surface area contributed by atoms with Crippen molar-refractivity contribution in [3.8, 4) is 0 Å². The zero-order chi connectivity index (χ0) is 15.6. The molecule has 0 saturated carbocycles. The molecular formula is C19H24ClN. The molecule has 0 amide bonds. The highest BCUT2D eigenvalue weighted by Gasteiger charge is 2.16. The highest BCUT2D eigenvalue weighted by Crippen LogP contribution is 2.29. The lowest BCUT2D eigenvalue weighted by molar-refractivity contribution is 0.585. The molecule has 0 aromatic heterocycles. The highest BCUT2D eigenvalue weighted by atomic mass is 35.5. The molecule has 0 bridgehead atoms. The monoisotopic (exact) mass is 301 g/mol. The first-order valence-electron chi connectivity index (χ1n) is 7.42. The molecule has 2 aromatic rings. The minimum atomic E-state index is 0.283. The maximum Gasteiger partial charge on any atom is 0.0441 e. The number of rotatable bonds is 4. The van der Waals surface area contributed by atoms with Crippen LogP contribution in [0.5, 0.6) is 0 Å². The molecule has 1 unspecified atom stereocenters. The van der Waals surface area contributed by atoms with Crippen LogP contribution in [0, 0.1) is 27.7 Å². The van der Waals surface area contributed by atoms with E-state index in [1.807, 2.05) is 13.1 Å². The molecule has 2 heteroatoms. The Kier molecular flexibility index (Phi) is 5.08. The van der Waals surface area contributed by atoms with Gasteiger partial charge >= 0.3 is 0 Å². The quantitative estimate of drug-likeness (QED) is 0.830. The van der Waals surface area contributed by atoms with Gasteiger partial charge in [-0.15, -0.1) is 0 Å². The van der Waals surface area contributed by atoms with Crippen molar-refractivity contribution in [2.75, 3.05) is 7.05 Å². The first kappa shape index (κ1) is 16.1. The Morgan fingerprint density at radius 3 is 2.10 bits per heavy atom. The van der Waals surface area contributed by atoms with Crippen LogP contribution < -0.4 is 5.32 Å². The highest BCUT2D eigenvalue weighted by molar-refractivity contribution is 6.31. The van der Waals surface area contributed by atoms with E-state index in [1.165, 1.54) is 33.4 Å². The van der Waals surface area contributed by atoms with Crippen molar-refractivity contribution < 1.29 is 0 Å². The van der Waals surface area contributed by atoms with Crippen LogP contribution >= 0.6 is 11.6 Å². The molecule has 0 saturated heterocycles. The molecule has 0 aliphatic rings. The molecule has 0 aliphatic heterocycles. The molecule has 21 heavy (non-hydrogen) atoms. The topological polar surface area (TPSA) is 12.0 Å². The Labute approximate surface area is 133 Å². The van der Waals surface area contributed by atoms with E-state index in [4.69, 9.17) is 11.6 Å². The molecule has 0 fully saturated rings. The molecular weight excluding hydrogens is 278 g/mol. The molecule has 0 aliphatic carbocycles. The van der Waals surface area contributed by atoms with Crippen molar-refractivity contribution in [2.24, 2.45) is 0 Å². The van der Waals surface area contributed by atoms with E-state index in [9.17, 15) is 0 Å². The summed E-state index contributed by atoms with van der Waals surface area (Å²) in [7, 11) is 2.02. The van der Waals surface area contributed by atoms with Gasteiger partial charge in [0.15, 0.2) is 0 Å². The van der Waals surface area contributed by atoms with Gasteiger partial charge in [-0.25, -0.2) is 0 Å². The summed E-state index contributed by atoms with van der Waals surface area (Å²) in [5.41, 5.74) is 7.79. The van der Waals surface area contributed by atoms with Crippen LogP contribution in [0.4, 0.5) is 0 Å². The summed E-state index contributed by atoms with van der Waals surface area (Å²) in [5.74, 6) is 0. The van der Waals surface area contributed by atoms with Crippen molar-refractivity contribution >= 4 is 11.6 Å². The van der Waals surface area contributed by atoms with Crippen molar-refractivity contribution in [2.45, 2.75) is 40.2 Å². The first-order valence-corrected chi connectivity index (χ1v) is 7.80. The van der Waals surface area contributed by atoms with Gasteiger partial charge in [-0.1, -0.05) is 41.4 Å². The van der Waals surface area contributed by atoms with E-state index >= 15 is 0 Å². The lowest BCUT2D eigenvalue weighted by Crippen LogP contribution is -2.21. The van der Waals surface area contributed by atoms with Gasteiger partial charge in [-0.2, -0.15) is 0 Å². The van der Waals surface area contributed by atoms with Crippen LogP contribution in [0.1, 0.15) is 39.4 Å². The Hall–Kier alpha value is -1.31. The van der Waals surface area contributed by atoms with Gasteiger partial charge in [0.05, 0.1) is 0 Å². The van der Waals surface area contributed by atoms with E-state index in [0.29, 0.717) is 0 Å². The summed E-state index contributed by atoms with van der Waals surface area (Å²) < 4.78 is 0. The van der Waals surface area contributed by atoms with Crippen molar-refractivity contribution in [1.29, 1.82) is 0 Å². The molecule has 2 aromatic carbocycles. The van der Waals surface area contributed by atoms with Gasteiger partial charge < -0.3 is 5.32 Å². The van der Waals surface area contributed by atoms with Crippen molar-refractivity contribution in [3.63, 3.8) is 0 Å². The largest absolute Gasteiger partial charge is 0.313 e. The SMILES string of the molecule is CNC(Cc1ccc(C)cc1Cl)c1c(C)cc(C)cc1C. The van der Waals surface area contributed by atoms with Gasteiger partial charge in [0.2, 0.25) is 0 Å². The van der Waals surface area contributed by atoms with E-state index in [-0.39, 0.29) is 6.04 Å². The van der Waals surface area contributed by atoms with Crippen LogP contribution in [-0.4, -0.2) is 7.05 Å². The third-order valence-corrected chi connectivity index (χ3v) is 4.42. The summed E-state index contributed by atoms with van der Waals surface area (Å²) >= 11 is 6.40. The molecule has 1 nitrogen and oxygen atoms in total. The van der Waals surface area contributed by atoms with E-state index in [0.717, 1.165) is 11.4 Å². The number of hydrogen-bond acceptors (Lipinski definition) is 1. The fraction of sp³-hybridized carbons (Fsp3) is 0.368. The Morgan fingerprint density at radius 2 is 1.57 bits per heavy atom. The van der Waals surface area contributed by atoms with E-state index in [2.05, 4.69) is 57.3 Å². The minimum Gasteiger partial charge on any atom is -0.313 e. The van der Waals surface area contributed by atoms with Gasteiger partial charge in [-0.3, -0.25) is 0 Å². The third-order valence-electron chi connectivity index (χ3n) is 4.07. The molecule has 0 heterocycles. The zero-order valence-corrected chi connectivity index (χ0v) is 14.3. The number of hydrogen-bond donors (Lipinski definition) is 1. The Bertz CT molecular complexity index is 623. The van der Waals surface area contributed by atoms with Gasteiger partial charge in [0.25, 0.3) is 0 Å². The van der Waals surface area contributed by atoms with Crippen LogP contribution in [0.2, 0.25) is 5.02 Å². The minimum absolute atomic E-state index is 0.283. The smallest absolute Gasteiger partial charge is 0.0441 e. The van der Waals surface area contributed by atoms with Crippen LogP contribution in [0.25, 0.3) is 0 Å². The van der Waals surface area contributed by atoms with Gasteiger partial charge in [0.1, 0.15) is 0 Å². The predicted molar refractivity (Wildman–Crippen MR) is 92.3 cm³/mol. The Morgan fingerprint density at radius 1 is 0.952 bits per heavy atom. The van der Waals surface area contributed by atoms with Gasteiger partial charge in [0, 0.05) is 11.1 Å². The second-order valence-corrected chi connectivity index (χ2v) is 6.36. The maximum atomic E-state index is 6.40. The molecule has 0 spiro atoms. The van der Waals surface area contributed by atoms with Gasteiger partial charge in [-0.05, 0) is 75.0 Å². The summed E-state index contributed by atoms with van der Waals surface area (Å²) in [5, 5.41) is 4.31. The van der Waals surface area contributed by atoms with Crippen LogP contribution in [0.3, 0.4) is 0 Å². The average Bonchev–Trinajstić information content (AvgIpc) is 2.39. The lowest BCUT2D eigenvalue weighted by atomic mass is 9.90. The number of likely N-dealkylation sites (N-methyl/N-ethyl adjacent to an activating group) is 1. The lowest BCUT2D eigenvalue weighted by Gasteiger charge is -2.22. The fourth-order valence-corrected chi connectivity index (χ4v) is 3.44. The average molecular weight is 302 g/mol. The standard InChI is InChI=1S/C19H24ClN/c1-12-6-7-16(17(20)10-12)11-18(21-5)19-14(3)8-13(2)9-15(19)4/h6-10,18,21H,11H2,1-5H3. The summed E-state index contributed by atoms with van der Waals surface area (Å²) in [6.07, 6.45) is 0.903. The normalized spacial score (nSPS) is 12.5. The summed E-state index contributed by atoms with van der Waals surface area (Å²) in [6, 6.07) is 11.1. The number of nitrogens with one attached hydrogen (secondary N) is 1. The number of aryl methyl sites for hydroxylation is 4. The first-order chi connectivity index (χ1) is 9.92. The Balaban J connectivity index is 2.37. The van der Waals surface area contributed by atoms with Crippen molar-refractivity contribution in [1.82, 2.24) is 5.32 Å².